The van der Waals surface area contributed by atoms with Crippen LogP contribution in [0, 0.1) is 6.92 Å². The number of ether oxygens (including phenoxy) is 1. The summed E-state index contributed by atoms with van der Waals surface area (Å²) in [6.45, 7) is 4.78. The predicted molar refractivity (Wildman–Crippen MR) is 108 cm³/mol. The van der Waals surface area contributed by atoms with E-state index in [1.807, 2.05) is 10.9 Å². The lowest BCUT2D eigenvalue weighted by molar-refractivity contribution is 0.172. The topological polar surface area (TPSA) is 80.2 Å². The van der Waals surface area contributed by atoms with Crippen molar-refractivity contribution in [3.63, 3.8) is 0 Å². The fourth-order valence-corrected chi connectivity index (χ4v) is 4.60. The van der Waals surface area contributed by atoms with E-state index in [9.17, 15) is 8.42 Å². The van der Waals surface area contributed by atoms with E-state index in [2.05, 4.69) is 34.0 Å². The van der Waals surface area contributed by atoms with Crippen LogP contribution in [0.5, 0.6) is 5.75 Å². The number of likely N-dealkylation sites (tertiary alicyclic amines) is 1. The Labute approximate surface area is 165 Å². The molecule has 0 saturated carbocycles. The number of nitrogens with one attached hydrogen (secondary N) is 1. The molecule has 1 saturated heterocycles. The SMILES string of the molecule is COc1cc(C)c2[nH]ccc2c1CN1CCC(n2cc(S(C)(=O)=O)cn2)CC1. The number of hydrogen-bond acceptors (Lipinski definition) is 5. The quantitative estimate of drug-likeness (QED) is 0.710. The zero-order valence-electron chi connectivity index (χ0n) is 16.5. The summed E-state index contributed by atoms with van der Waals surface area (Å²) in [6, 6.07) is 4.44. The van der Waals surface area contributed by atoms with Gasteiger partial charge in [0.05, 0.1) is 19.3 Å². The lowest BCUT2D eigenvalue weighted by Gasteiger charge is -2.32. The highest BCUT2D eigenvalue weighted by Crippen LogP contribution is 2.33. The molecule has 7 nitrogen and oxygen atoms in total. The van der Waals surface area contributed by atoms with Crippen molar-refractivity contribution in [2.45, 2.75) is 37.2 Å². The van der Waals surface area contributed by atoms with E-state index in [1.165, 1.54) is 29.0 Å². The van der Waals surface area contributed by atoms with Gasteiger partial charge in [0.25, 0.3) is 0 Å². The number of hydrogen-bond donors (Lipinski definition) is 1. The van der Waals surface area contributed by atoms with Crippen molar-refractivity contribution in [2.24, 2.45) is 0 Å². The first-order chi connectivity index (χ1) is 13.4. The van der Waals surface area contributed by atoms with Gasteiger partial charge in [-0.25, -0.2) is 8.42 Å². The molecule has 3 heterocycles. The monoisotopic (exact) mass is 402 g/mol. The number of H-pyrrole nitrogens is 1. The Kier molecular flexibility index (Phi) is 4.93. The minimum Gasteiger partial charge on any atom is -0.496 e. The van der Waals surface area contributed by atoms with Crippen LogP contribution in [-0.4, -0.2) is 54.5 Å². The molecular formula is C20H26N4O3S. The standard InChI is InChI=1S/C20H26N4O3S/c1-14-10-19(27-2)18(17-4-7-21-20(14)17)13-23-8-5-15(6-9-23)24-12-16(11-22-24)28(3,25)26/h4,7,10-12,15,21H,5-6,8-9,13H2,1-3H3. The van der Waals surface area contributed by atoms with Crippen LogP contribution in [-0.2, 0) is 16.4 Å². The van der Waals surface area contributed by atoms with Crippen molar-refractivity contribution in [1.29, 1.82) is 0 Å². The fraction of sp³-hybridized carbons (Fsp3) is 0.450. The van der Waals surface area contributed by atoms with Crippen LogP contribution in [0.15, 0.2) is 35.6 Å². The Morgan fingerprint density at radius 2 is 2.07 bits per heavy atom. The third-order valence-electron chi connectivity index (χ3n) is 5.65. The van der Waals surface area contributed by atoms with Gasteiger partial charge in [0.2, 0.25) is 0 Å². The van der Waals surface area contributed by atoms with Crippen molar-refractivity contribution in [3.8, 4) is 5.75 Å². The van der Waals surface area contributed by atoms with Crippen molar-refractivity contribution in [2.75, 3.05) is 26.5 Å². The van der Waals surface area contributed by atoms with Crippen LogP contribution in [0.3, 0.4) is 0 Å². The smallest absolute Gasteiger partial charge is 0.178 e. The second-order valence-corrected chi connectivity index (χ2v) is 9.59. The maximum absolute atomic E-state index is 11.7. The van der Waals surface area contributed by atoms with Gasteiger partial charge in [-0.05, 0) is 37.5 Å². The number of rotatable bonds is 5. The zero-order valence-corrected chi connectivity index (χ0v) is 17.3. The number of aryl methyl sites for hydroxylation is 1. The molecule has 28 heavy (non-hydrogen) atoms. The second kappa shape index (κ2) is 7.25. The second-order valence-electron chi connectivity index (χ2n) is 7.58. The average Bonchev–Trinajstić information content (AvgIpc) is 3.34. The highest BCUT2D eigenvalue weighted by Gasteiger charge is 2.24. The molecule has 8 heteroatoms. The Bertz CT molecular complexity index is 1090. The van der Waals surface area contributed by atoms with Gasteiger partial charge >= 0.3 is 0 Å². The fourth-order valence-electron chi connectivity index (χ4n) is 4.06. The summed E-state index contributed by atoms with van der Waals surface area (Å²) in [7, 11) is -1.49. The van der Waals surface area contributed by atoms with Crippen LogP contribution in [0.2, 0.25) is 0 Å². The summed E-state index contributed by atoms with van der Waals surface area (Å²) in [5.41, 5.74) is 3.55. The number of benzene rings is 1. The van der Waals surface area contributed by atoms with E-state index >= 15 is 0 Å². The summed E-state index contributed by atoms with van der Waals surface area (Å²) < 4.78 is 30.8. The normalized spacial score (nSPS) is 16.7. The molecule has 0 unspecified atom stereocenters. The number of fused-ring (bicyclic) bond motifs is 1. The molecule has 0 bridgehead atoms. The molecule has 0 aliphatic carbocycles. The van der Waals surface area contributed by atoms with Gasteiger partial charge in [0.1, 0.15) is 10.6 Å². The predicted octanol–water partition coefficient (Wildman–Crippen LogP) is 2.92. The summed E-state index contributed by atoms with van der Waals surface area (Å²) in [5.74, 6) is 0.927. The molecule has 1 aliphatic rings. The highest BCUT2D eigenvalue weighted by atomic mass is 32.2. The lowest BCUT2D eigenvalue weighted by atomic mass is 10.0. The maximum Gasteiger partial charge on any atom is 0.178 e. The summed E-state index contributed by atoms with van der Waals surface area (Å²) in [6.07, 6.45) is 8.17. The van der Waals surface area contributed by atoms with Gasteiger partial charge in [-0.2, -0.15) is 5.10 Å². The van der Waals surface area contributed by atoms with E-state index in [4.69, 9.17) is 4.74 Å². The first-order valence-electron chi connectivity index (χ1n) is 9.47. The Morgan fingerprint density at radius 1 is 1.32 bits per heavy atom. The largest absolute Gasteiger partial charge is 0.496 e. The van der Waals surface area contributed by atoms with Crippen molar-refractivity contribution >= 4 is 20.7 Å². The molecule has 1 aliphatic heterocycles. The third-order valence-corrected chi connectivity index (χ3v) is 6.72. The van der Waals surface area contributed by atoms with Crippen molar-refractivity contribution in [1.82, 2.24) is 19.7 Å². The molecule has 2 aromatic heterocycles. The van der Waals surface area contributed by atoms with Gasteiger partial charge < -0.3 is 9.72 Å². The molecule has 1 fully saturated rings. The number of piperidine rings is 1. The first-order valence-corrected chi connectivity index (χ1v) is 11.4. The van der Waals surface area contributed by atoms with E-state index in [-0.39, 0.29) is 10.9 Å². The molecule has 0 radical (unpaired) electrons. The van der Waals surface area contributed by atoms with Gasteiger partial charge in [-0.15, -0.1) is 0 Å². The first kappa shape index (κ1) is 19.0. The Hall–Kier alpha value is -2.32. The lowest BCUT2D eigenvalue weighted by Crippen LogP contribution is -2.34. The molecule has 3 aromatic rings. The highest BCUT2D eigenvalue weighted by molar-refractivity contribution is 7.90. The number of nitrogens with zero attached hydrogens (tertiary/aromatic N) is 3. The number of sulfone groups is 1. The number of aromatic amines is 1. The molecular weight excluding hydrogens is 376 g/mol. The van der Waals surface area contributed by atoms with Crippen LogP contribution in [0.25, 0.3) is 10.9 Å². The molecule has 1 N–H and O–H groups in total. The zero-order chi connectivity index (χ0) is 19.9. The van der Waals surface area contributed by atoms with E-state index < -0.39 is 9.84 Å². The van der Waals surface area contributed by atoms with Crippen LogP contribution >= 0.6 is 0 Å². The number of methoxy groups -OCH3 is 1. The molecule has 1 aromatic carbocycles. The summed E-state index contributed by atoms with van der Waals surface area (Å²) in [4.78, 5) is 6.04. The van der Waals surface area contributed by atoms with Crippen LogP contribution in [0.4, 0.5) is 0 Å². The van der Waals surface area contributed by atoms with Crippen LogP contribution < -0.4 is 4.74 Å². The van der Waals surface area contributed by atoms with E-state index in [1.54, 1.807) is 13.3 Å². The van der Waals surface area contributed by atoms with Gasteiger partial charge in [-0.1, -0.05) is 0 Å². The third kappa shape index (κ3) is 3.54. The number of aromatic nitrogens is 3. The minimum absolute atomic E-state index is 0.235. The molecule has 0 spiro atoms. The van der Waals surface area contributed by atoms with Gasteiger partial charge in [0.15, 0.2) is 9.84 Å². The minimum atomic E-state index is -3.21. The molecule has 0 amide bonds. The summed E-state index contributed by atoms with van der Waals surface area (Å²) >= 11 is 0. The Balaban J connectivity index is 1.48. The van der Waals surface area contributed by atoms with Crippen molar-refractivity contribution < 1.29 is 13.2 Å². The van der Waals surface area contributed by atoms with E-state index in [0.29, 0.717) is 0 Å². The molecule has 150 valence electrons. The molecule has 4 rings (SSSR count). The average molecular weight is 403 g/mol. The van der Waals surface area contributed by atoms with Gasteiger partial charge in [-0.3, -0.25) is 9.58 Å². The van der Waals surface area contributed by atoms with E-state index in [0.717, 1.165) is 43.7 Å². The van der Waals surface area contributed by atoms with Crippen molar-refractivity contribution in [3.05, 3.63) is 41.9 Å². The van der Waals surface area contributed by atoms with Crippen LogP contribution in [0.1, 0.15) is 30.0 Å². The maximum atomic E-state index is 11.7. The molecule has 0 atom stereocenters. The summed E-state index contributed by atoms with van der Waals surface area (Å²) in [5, 5.41) is 5.49. The van der Waals surface area contributed by atoms with Gasteiger partial charge in [0, 0.05) is 54.8 Å². The Morgan fingerprint density at radius 3 is 2.71 bits per heavy atom.